The van der Waals surface area contributed by atoms with Crippen LogP contribution in [-0.4, -0.2) is 30.0 Å². The van der Waals surface area contributed by atoms with Gasteiger partial charge in [0, 0.05) is 10.2 Å². The molecule has 0 aliphatic rings. The minimum atomic E-state index is 0.187. The maximum Gasteiger partial charge on any atom is 0.0620 e. The summed E-state index contributed by atoms with van der Waals surface area (Å²) in [5.41, 5.74) is 0.187. The van der Waals surface area contributed by atoms with Gasteiger partial charge in [0.15, 0.2) is 0 Å². The molecule has 3 heteroatoms. The molecule has 0 rings (SSSR count). The normalized spacial score (nSPS) is 12.4. The van der Waals surface area contributed by atoms with Crippen molar-refractivity contribution >= 4 is 10.2 Å². The second-order valence-corrected chi connectivity index (χ2v) is 2.89. The molecule has 0 fully saturated rings. The first-order chi connectivity index (χ1) is 3.68. The first kappa shape index (κ1) is 8.14. The van der Waals surface area contributed by atoms with Crippen LogP contribution in [0.2, 0.25) is 6.04 Å². The minimum absolute atomic E-state index is 0.187. The van der Waals surface area contributed by atoms with Crippen LogP contribution in [0.15, 0.2) is 0 Å². The number of hydrogen-bond acceptors (Lipinski definition) is 2. The molecule has 0 radical (unpaired) electrons. The molecule has 0 aromatic rings. The number of nitrogens with one attached hydrogen (secondary N) is 2. The number of hydrogen-bond donors (Lipinski definition) is 2. The highest BCUT2D eigenvalue weighted by atomic mass is 28.1. The molecule has 0 amide bonds. The molecule has 0 spiro atoms. The van der Waals surface area contributed by atoms with Crippen molar-refractivity contribution < 1.29 is 0 Å². The molecule has 0 aromatic carbocycles. The molecule has 0 aliphatic heterocycles. The van der Waals surface area contributed by atoms with Crippen molar-refractivity contribution in [3.63, 3.8) is 0 Å². The van der Waals surface area contributed by atoms with Gasteiger partial charge in [-0.05, 0) is 27.1 Å². The molecule has 0 aromatic heterocycles. The third-order valence-electron chi connectivity index (χ3n) is 1.81. The van der Waals surface area contributed by atoms with Gasteiger partial charge in [-0.1, -0.05) is 0 Å². The molecular weight excluding hydrogens is 116 g/mol. The summed E-state index contributed by atoms with van der Waals surface area (Å²) in [4.78, 5) is 0. The van der Waals surface area contributed by atoms with Crippen molar-refractivity contribution in [1.82, 2.24) is 10.6 Å². The maximum atomic E-state index is 3.20. The maximum absolute atomic E-state index is 3.20. The van der Waals surface area contributed by atoms with Crippen LogP contribution in [0, 0.1) is 0 Å². The van der Waals surface area contributed by atoms with E-state index in [1.54, 1.807) is 0 Å². The fourth-order valence-electron chi connectivity index (χ4n) is 0.479. The lowest BCUT2D eigenvalue weighted by molar-refractivity contribution is 0.363. The van der Waals surface area contributed by atoms with Crippen molar-refractivity contribution in [2.45, 2.75) is 18.6 Å². The molecule has 0 saturated heterocycles. The van der Waals surface area contributed by atoms with Gasteiger partial charge in [-0.3, -0.25) is 0 Å². The molecular formula is C5H16N2Si. The van der Waals surface area contributed by atoms with E-state index in [-0.39, 0.29) is 5.66 Å². The third-order valence-corrected chi connectivity index (χ3v) is 3.22. The molecule has 2 N–H and O–H groups in total. The Labute approximate surface area is 54.5 Å². The molecule has 2 nitrogen and oxygen atoms in total. The minimum Gasteiger partial charge on any atom is -0.303 e. The highest BCUT2D eigenvalue weighted by molar-refractivity contribution is 6.09. The van der Waals surface area contributed by atoms with Crippen molar-refractivity contribution in [3.05, 3.63) is 0 Å². The van der Waals surface area contributed by atoms with Crippen LogP contribution < -0.4 is 10.6 Å². The van der Waals surface area contributed by atoms with E-state index in [4.69, 9.17) is 0 Å². The molecule has 50 valence electrons. The summed E-state index contributed by atoms with van der Waals surface area (Å²) in [7, 11) is 5.20. The largest absolute Gasteiger partial charge is 0.303 e. The molecule has 0 unspecified atom stereocenters. The van der Waals surface area contributed by atoms with Crippen LogP contribution in [-0.2, 0) is 0 Å². The summed E-state index contributed by atoms with van der Waals surface area (Å²) in [5, 5.41) is 6.40. The van der Waals surface area contributed by atoms with Crippen LogP contribution in [0.3, 0.4) is 0 Å². The smallest absolute Gasteiger partial charge is 0.0620 e. The summed E-state index contributed by atoms with van der Waals surface area (Å²) in [6.07, 6.45) is 0. The van der Waals surface area contributed by atoms with E-state index in [0.29, 0.717) is 0 Å². The topological polar surface area (TPSA) is 24.1 Å². The van der Waals surface area contributed by atoms with Crippen molar-refractivity contribution in [3.8, 4) is 0 Å². The second-order valence-electron chi connectivity index (χ2n) is 2.19. The Morgan fingerprint density at radius 1 is 1.38 bits per heavy atom. The highest BCUT2D eigenvalue weighted by Crippen LogP contribution is 1.98. The zero-order valence-electron chi connectivity index (χ0n) is 6.21. The van der Waals surface area contributed by atoms with E-state index in [1.807, 2.05) is 14.1 Å². The van der Waals surface area contributed by atoms with Gasteiger partial charge in [-0.25, -0.2) is 0 Å². The molecule has 0 atom stereocenters. The fraction of sp³-hybridized carbons (Fsp3) is 1.00. The van der Waals surface area contributed by atoms with E-state index in [1.165, 1.54) is 16.3 Å². The summed E-state index contributed by atoms with van der Waals surface area (Å²) in [6, 6.07) is 1.24. The van der Waals surface area contributed by atoms with E-state index in [0.717, 1.165) is 0 Å². The van der Waals surface area contributed by atoms with Crippen LogP contribution >= 0.6 is 0 Å². The first-order valence-corrected chi connectivity index (χ1v) is 4.47. The predicted molar refractivity (Wildman–Crippen MR) is 41.3 cm³/mol. The van der Waals surface area contributed by atoms with Gasteiger partial charge in [-0.2, -0.15) is 0 Å². The molecule has 0 saturated carbocycles. The van der Waals surface area contributed by atoms with Gasteiger partial charge in [0.1, 0.15) is 0 Å². The van der Waals surface area contributed by atoms with Crippen molar-refractivity contribution in [1.29, 1.82) is 0 Å². The van der Waals surface area contributed by atoms with E-state index in [9.17, 15) is 0 Å². The number of rotatable bonds is 3. The lowest BCUT2D eigenvalue weighted by Crippen LogP contribution is -2.50. The van der Waals surface area contributed by atoms with E-state index in [2.05, 4.69) is 17.6 Å². The SMILES string of the molecule is CNC(C)(C[SiH3])NC. The third kappa shape index (κ3) is 1.94. The van der Waals surface area contributed by atoms with Gasteiger partial charge >= 0.3 is 0 Å². The molecule has 0 bridgehead atoms. The summed E-state index contributed by atoms with van der Waals surface area (Å²) >= 11 is 0. The van der Waals surface area contributed by atoms with E-state index >= 15 is 0 Å². The second kappa shape index (κ2) is 3.22. The Balaban J connectivity index is 3.58. The monoisotopic (exact) mass is 132 g/mol. The molecule has 8 heavy (non-hydrogen) atoms. The molecule has 0 aliphatic carbocycles. The Bertz CT molecular complexity index is 53.2. The average Bonchev–Trinajstić information content (AvgIpc) is 1.87. The zero-order chi connectivity index (χ0) is 6.62. The Hall–Kier alpha value is 0.137. The van der Waals surface area contributed by atoms with Gasteiger partial charge in [-0.15, -0.1) is 0 Å². The highest BCUT2D eigenvalue weighted by Gasteiger charge is 2.13. The van der Waals surface area contributed by atoms with E-state index < -0.39 is 0 Å². The first-order valence-electron chi connectivity index (χ1n) is 3.06. The van der Waals surface area contributed by atoms with Crippen LogP contribution in [0.25, 0.3) is 0 Å². The van der Waals surface area contributed by atoms with Crippen LogP contribution in [0.1, 0.15) is 6.92 Å². The van der Waals surface area contributed by atoms with Gasteiger partial charge in [0.2, 0.25) is 0 Å². The van der Waals surface area contributed by atoms with Gasteiger partial charge in [0.25, 0.3) is 0 Å². The molecule has 0 heterocycles. The standard InChI is InChI=1S/C5H16N2Si/c1-5(4-8,6-2)7-3/h6-7H,4H2,1-3,8H3. The Kier molecular flexibility index (Phi) is 3.27. The average molecular weight is 132 g/mol. The fourth-order valence-corrected chi connectivity index (χ4v) is 1.19. The van der Waals surface area contributed by atoms with Crippen molar-refractivity contribution in [2.24, 2.45) is 0 Å². The summed E-state index contributed by atoms with van der Waals surface area (Å²) in [5.74, 6) is 0. The Morgan fingerprint density at radius 2 is 1.75 bits per heavy atom. The summed E-state index contributed by atoms with van der Waals surface area (Å²) in [6.45, 7) is 2.17. The quantitative estimate of drug-likeness (QED) is 0.377. The zero-order valence-corrected chi connectivity index (χ0v) is 8.21. The van der Waals surface area contributed by atoms with Crippen LogP contribution in [0.5, 0.6) is 0 Å². The Morgan fingerprint density at radius 3 is 1.75 bits per heavy atom. The van der Waals surface area contributed by atoms with Crippen molar-refractivity contribution in [2.75, 3.05) is 14.1 Å². The van der Waals surface area contributed by atoms with Gasteiger partial charge < -0.3 is 10.6 Å². The lowest BCUT2D eigenvalue weighted by Gasteiger charge is -2.26. The predicted octanol–water partition coefficient (Wildman–Crippen LogP) is -1.07. The lowest BCUT2D eigenvalue weighted by atomic mass is 10.2. The van der Waals surface area contributed by atoms with Crippen LogP contribution in [0.4, 0.5) is 0 Å². The van der Waals surface area contributed by atoms with Gasteiger partial charge in [0.05, 0.1) is 5.66 Å². The summed E-state index contributed by atoms with van der Waals surface area (Å²) < 4.78 is 0.